The molecule has 1 saturated carbocycles. The van der Waals surface area contributed by atoms with E-state index < -0.39 is 0 Å². The fourth-order valence-corrected chi connectivity index (χ4v) is 2.59. The number of aryl methyl sites for hydroxylation is 1. The Bertz CT molecular complexity index is 806. The lowest BCUT2D eigenvalue weighted by Crippen LogP contribution is -2.01. The molecule has 1 fully saturated rings. The molecule has 0 amide bonds. The lowest BCUT2D eigenvalue weighted by atomic mass is 10.2. The van der Waals surface area contributed by atoms with Gasteiger partial charge in [0.1, 0.15) is 17.7 Å². The first kappa shape index (κ1) is 11.8. The van der Waals surface area contributed by atoms with Crippen LogP contribution in [0.5, 0.6) is 0 Å². The minimum Gasteiger partial charge on any atom is -0.305 e. The Kier molecular flexibility index (Phi) is 2.50. The summed E-state index contributed by atoms with van der Waals surface area (Å²) in [4.78, 5) is 17.5. The van der Waals surface area contributed by atoms with E-state index in [2.05, 4.69) is 19.5 Å². The molecule has 1 aliphatic carbocycles. The highest BCUT2D eigenvalue weighted by Crippen LogP contribution is 2.41. The number of imidazole rings is 1. The summed E-state index contributed by atoms with van der Waals surface area (Å²) < 4.78 is 2.19. The summed E-state index contributed by atoms with van der Waals surface area (Å²) in [6.45, 7) is 1.97. The number of hydrogen-bond acceptors (Lipinski definition) is 4. The van der Waals surface area contributed by atoms with Gasteiger partial charge in [0.15, 0.2) is 5.65 Å². The van der Waals surface area contributed by atoms with Gasteiger partial charge in [-0.3, -0.25) is 0 Å². The summed E-state index contributed by atoms with van der Waals surface area (Å²) in [5, 5.41) is 0.602. The molecule has 0 radical (unpaired) electrons. The summed E-state index contributed by atoms with van der Waals surface area (Å²) in [7, 11) is 0. The van der Waals surface area contributed by atoms with Gasteiger partial charge in [-0.05, 0) is 25.8 Å². The van der Waals surface area contributed by atoms with Crippen molar-refractivity contribution in [3.8, 4) is 11.4 Å². The third-order valence-electron chi connectivity index (χ3n) is 3.56. The summed E-state index contributed by atoms with van der Waals surface area (Å²) in [5.41, 5.74) is 3.58. The Labute approximate surface area is 120 Å². The molecule has 0 aromatic carbocycles. The van der Waals surface area contributed by atoms with Gasteiger partial charge in [-0.25, -0.2) is 19.9 Å². The maximum atomic E-state index is 6.02. The zero-order valence-electron chi connectivity index (χ0n) is 10.9. The average Bonchev–Trinajstić information content (AvgIpc) is 3.20. The minimum atomic E-state index is 0.475. The summed E-state index contributed by atoms with van der Waals surface area (Å²) in [6.07, 6.45) is 7.36. The highest BCUT2D eigenvalue weighted by molar-refractivity contribution is 6.31. The van der Waals surface area contributed by atoms with Crippen LogP contribution in [-0.2, 0) is 0 Å². The molecule has 0 aliphatic heterocycles. The van der Waals surface area contributed by atoms with Crippen LogP contribution in [0.4, 0.5) is 0 Å². The summed E-state index contributed by atoms with van der Waals surface area (Å²) >= 11 is 6.02. The molecule has 0 atom stereocenters. The topological polar surface area (TPSA) is 56.5 Å². The number of rotatable bonds is 2. The van der Waals surface area contributed by atoms with Crippen LogP contribution >= 0.6 is 11.6 Å². The lowest BCUT2D eigenvalue weighted by Gasteiger charge is -2.07. The van der Waals surface area contributed by atoms with Crippen molar-refractivity contribution in [1.29, 1.82) is 0 Å². The van der Waals surface area contributed by atoms with E-state index in [-0.39, 0.29) is 0 Å². The first-order valence-corrected chi connectivity index (χ1v) is 6.92. The highest BCUT2D eigenvalue weighted by atomic mass is 35.5. The van der Waals surface area contributed by atoms with E-state index >= 15 is 0 Å². The Morgan fingerprint density at radius 1 is 1.25 bits per heavy atom. The smallest absolute Gasteiger partial charge is 0.160 e. The van der Waals surface area contributed by atoms with Gasteiger partial charge in [-0.15, -0.1) is 0 Å². The van der Waals surface area contributed by atoms with Crippen molar-refractivity contribution in [2.75, 3.05) is 0 Å². The van der Waals surface area contributed by atoms with Crippen molar-refractivity contribution >= 4 is 22.8 Å². The summed E-state index contributed by atoms with van der Waals surface area (Å²) in [5.74, 6) is 0.885. The standard InChI is InChI=1S/C14H12ClN5/c1-8-11(6-16-7-18-8)13-19-12-4-9(15)5-17-14(12)20(13)10-2-3-10/h4-7,10H,2-3H2,1H3. The molecular formula is C14H12ClN5. The zero-order valence-corrected chi connectivity index (χ0v) is 11.7. The molecule has 0 unspecified atom stereocenters. The molecule has 100 valence electrons. The largest absolute Gasteiger partial charge is 0.305 e. The predicted octanol–water partition coefficient (Wildman–Crippen LogP) is 3.19. The van der Waals surface area contributed by atoms with E-state index in [9.17, 15) is 0 Å². The molecular weight excluding hydrogens is 274 g/mol. The number of fused-ring (bicyclic) bond motifs is 1. The molecule has 3 aromatic rings. The average molecular weight is 286 g/mol. The van der Waals surface area contributed by atoms with Gasteiger partial charge in [0.05, 0.1) is 16.3 Å². The molecule has 3 heterocycles. The Hall–Kier alpha value is -2.01. The van der Waals surface area contributed by atoms with Crippen LogP contribution in [0, 0.1) is 6.92 Å². The molecule has 1 aliphatic rings. The second kappa shape index (κ2) is 4.24. The second-order valence-electron chi connectivity index (χ2n) is 5.05. The Balaban J connectivity index is 2.03. The van der Waals surface area contributed by atoms with Crippen molar-refractivity contribution in [3.05, 3.63) is 35.5 Å². The SMILES string of the molecule is Cc1ncncc1-c1nc2cc(Cl)cnc2n1C1CC1. The van der Waals surface area contributed by atoms with Crippen molar-refractivity contribution in [1.82, 2.24) is 24.5 Å². The van der Waals surface area contributed by atoms with Crippen LogP contribution in [0.3, 0.4) is 0 Å². The van der Waals surface area contributed by atoms with Crippen LogP contribution in [-0.4, -0.2) is 24.5 Å². The quantitative estimate of drug-likeness (QED) is 0.725. The zero-order chi connectivity index (χ0) is 13.7. The van der Waals surface area contributed by atoms with E-state index in [1.54, 1.807) is 12.5 Å². The maximum absolute atomic E-state index is 6.02. The second-order valence-corrected chi connectivity index (χ2v) is 5.49. The van der Waals surface area contributed by atoms with Crippen LogP contribution in [0.1, 0.15) is 24.6 Å². The molecule has 3 aromatic heterocycles. The number of hydrogen-bond donors (Lipinski definition) is 0. The van der Waals surface area contributed by atoms with Gasteiger partial charge < -0.3 is 4.57 Å². The molecule has 20 heavy (non-hydrogen) atoms. The van der Waals surface area contributed by atoms with Gasteiger partial charge in [-0.2, -0.15) is 0 Å². The van der Waals surface area contributed by atoms with E-state index in [1.807, 2.05) is 19.2 Å². The fraction of sp³-hybridized carbons (Fsp3) is 0.286. The monoisotopic (exact) mass is 285 g/mol. The molecule has 0 saturated heterocycles. The lowest BCUT2D eigenvalue weighted by molar-refractivity contribution is 0.764. The van der Waals surface area contributed by atoms with Gasteiger partial charge >= 0.3 is 0 Å². The van der Waals surface area contributed by atoms with E-state index in [0.717, 1.165) is 41.1 Å². The molecule has 4 rings (SSSR count). The van der Waals surface area contributed by atoms with Crippen LogP contribution in [0.15, 0.2) is 24.8 Å². The van der Waals surface area contributed by atoms with Gasteiger partial charge in [0.2, 0.25) is 0 Å². The number of nitrogens with zero attached hydrogens (tertiary/aromatic N) is 5. The normalized spacial score (nSPS) is 14.9. The number of halogens is 1. The molecule has 0 N–H and O–H groups in total. The summed E-state index contributed by atoms with van der Waals surface area (Å²) in [6, 6.07) is 2.33. The maximum Gasteiger partial charge on any atom is 0.160 e. The van der Waals surface area contributed by atoms with Gasteiger partial charge in [-0.1, -0.05) is 11.6 Å². The van der Waals surface area contributed by atoms with Gasteiger partial charge in [0.25, 0.3) is 0 Å². The number of aromatic nitrogens is 5. The first-order valence-electron chi connectivity index (χ1n) is 6.54. The van der Waals surface area contributed by atoms with Crippen LogP contribution in [0.2, 0.25) is 5.02 Å². The van der Waals surface area contributed by atoms with E-state index in [1.165, 1.54) is 0 Å². The first-order chi connectivity index (χ1) is 9.74. The van der Waals surface area contributed by atoms with Crippen LogP contribution in [0.25, 0.3) is 22.6 Å². The number of pyridine rings is 1. The van der Waals surface area contributed by atoms with E-state index in [0.29, 0.717) is 11.1 Å². The molecule has 6 heteroatoms. The predicted molar refractivity (Wildman–Crippen MR) is 76.6 cm³/mol. The van der Waals surface area contributed by atoms with Gasteiger partial charge in [0, 0.05) is 18.4 Å². The Morgan fingerprint density at radius 2 is 2.10 bits per heavy atom. The third kappa shape index (κ3) is 1.78. The van der Waals surface area contributed by atoms with Crippen LogP contribution < -0.4 is 0 Å². The van der Waals surface area contributed by atoms with Crippen molar-refractivity contribution in [2.45, 2.75) is 25.8 Å². The molecule has 0 bridgehead atoms. The molecule has 5 nitrogen and oxygen atoms in total. The third-order valence-corrected chi connectivity index (χ3v) is 3.77. The fourth-order valence-electron chi connectivity index (χ4n) is 2.44. The minimum absolute atomic E-state index is 0.475. The van der Waals surface area contributed by atoms with Crippen molar-refractivity contribution in [3.63, 3.8) is 0 Å². The van der Waals surface area contributed by atoms with E-state index in [4.69, 9.17) is 16.6 Å². The highest BCUT2D eigenvalue weighted by Gasteiger charge is 2.30. The Morgan fingerprint density at radius 3 is 2.85 bits per heavy atom. The van der Waals surface area contributed by atoms with Crippen molar-refractivity contribution in [2.24, 2.45) is 0 Å². The molecule has 0 spiro atoms. The van der Waals surface area contributed by atoms with Crippen molar-refractivity contribution < 1.29 is 0 Å².